The topological polar surface area (TPSA) is 39.1 Å². The van der Waals surface area contributed by atoms with E-state index >= 15 is 0 Å². The van der Waals surface area contributed by atoms with Gasteiger partial charge in [0.05, 0.1) is 18.8 Å². The molecule has 4 heteroatoms. The van der Waals surface area contributed by atoms with Crippen molar-refractivity contribution in [2.75, 3.05) is 20.8 Å². The van der Waals surface area contributed by atoms with E-state index in [1.807, 2.05) is 18.7 Å². The highest BCUT2D eigenvalue weighted by atomic mass is 16.5. The summed E-state index contributed by atoms with van der Waals surface area (Å²) in [4.78, 5) is 0. The SMILES string of the molecule is CNCc1c(C)nn(CCOC)c1C. The van der Waals surface area contributed by atoms with E-state index in [-0.39, 0.29) is 0 Å². The van der Waals surface area contributed by atoms with E-state index < -0.39 is 0 Å². The average Bonchev–Trinajstić information content (AvgIpc) is 2.43. The van der Waals surface area contributed by atoms with Crippen LogP contribution in [0.25, 0.3) is 0 Å². The monoisotopic (exact) mass is 197 g/mol. The second kappa shape index (κ2) is 5.12. The van der Waals surface area contributed by atoms with Crippen LogP contribution in [0.15, 0.2) is 0 Å². The second-order valence-electron chi connectivity index (χ2n) is 3.40. The normalized spacial score (nSPS) is 10.9. The van der Waals surface area contributed by atoms with Crippen LogP contribution in [-0.2, 0) is 17.8 Å². The molecule has 1 heterocycles. The molecule has 0 atom stereocenters. The molecule has 1 aromatic rings. The minimum atomic E-state index is 0.709. The van der Waals surface area contributed by atoms with Crippen molar-refractivity contribution < 1.29 is 4.74 Å². The molecule has 1 rings (SSSR count). The molecule has 0 saturated carbocycles. The standard InChI is InChI=1S/C10H19N3O/c1-8-10(7-11-3)9(2)13(12-8)5-6-14-4/h11H,5-7H2,1-4H3. The fourth-order valence-corrected chi connectivity index (χ4v) is 1.56. The Morgan fingerprint density at radius 3 is 2.71 bits per heavy atom. The number of nitrogens with zero attached hydrogens (tertiary/aromatic N) is 2. The van der Waals surface area contributed by atoms with Crippen LogP contribution in [0, 0.1) is 13.8 Å². The average molecular weight is 197 g/mol. The molecular formula is C10H19N3O. The molecule has 1 aromatic heterocycles. The summed E-state index contributed by atoms with van der Waals surface area (Å²) in [7, 11) is 3.66. The summed E-state index contributed by atoms with van der Waals surface area (Å²) >= 11 is 0. The summed E-state index contributed by atoms with van der Waals surface area (Å²) in [6.45, 7) is 6.56. The number of methoxy groups -OCH3 is 1. The van der Waals surface area contributed by atoms with Gasteiger partial charge in [0.1, 0.15) is 0 Å². The van der Waals surface area contributed by atoms with E-state index in [0.29, 0.717) is 6.61 Å². The maximum Gasteiger partial charge on any atom is 0.0658 e. The fourth-order valence-electron chi connectivity index (χ4n) is 1.56. The van der Waals surface area contributed by atoms with Crippen molar-refractivity contribution in [3.05, 3.63) is 17.0 Å². The Morgan fingerprint density at radius 1 is 1.43 bits per heavy atom. The van der Waals surface area contributed by atoms with Gasteiger partial charge in [-0.2, -0.15) is 5.10 Å². The van der Waals surface area contributed by atoms with Crippen molar-refractivity contribution in [3.63, 3.8) is 0 Å². The Kier molecular flexibility index (Phi) is 4.10. The number of nitrogens with one attached hydrogen (secondary N) is 1. The highest BCUT2D eigenvalue weighted by molar-refractivity contribution is 5.24. The zero-order valence-corrected chi connectivity index (χ0v) is 9.42. The van der Waals surface area contributed by atoms with Crippen LogP contribution in [0.2, 0.25) is 0 Å². The Hall–Kier alpha value is -0.870. The van der Waals surface area contributed by atoms with Crippen LogP contribution < -0.4 is 5.32 Å². The zero-order chi connectivity index (χ0) is 10.6. The Morgan fingerprint density at radius 2 is 2.14 bits per heavy atom. The first kappa shape index (κ1) is 11.2. The maximum atomic E-state index is 5.03. The number of hydrogen-bond donors (Lipinski definition) is 1. The third-order valence-corrected chi connectivity index (χ3v) is 2.39. The van der Waals surface area contributed by atoms with E-state index in [9.17, 15) is 0 Å². The van der Waals surface area contributed by atoms with Crippen LogP contribution >= 0.6 is 0 Å². The molecule has 4 nitrogen and oxygen atoms in total. The third kappa shape index (κ3) is 2.33. The van der Waals surface area contributed by atoms with E-state index in [0.717, 1.165) is 18.8 Å². The summed E-state index contributed by atoms with van der Waals surface area (Å²) < 4.78 is 7.04. The smallest absolute Gasteiger partial charge is 0.0658 e. The van der Waals surface area contributed by atoms with Gasteiger partial charge in [-0.05, 0) is 20.9 Å². The lowest BCUT2D eigenvalue weighted by Crippen LogP contribution is -2.09. The van der Waals surface area contributed by atoms with Crippen LogP contribution in [0.1, 0.15) is 17.0 Å². The Balaban J connectivity index is 2.81. The summed E-state index contributed by atoms with van der Waals surface area (Å²) in [5.41, 5.74) is 3.63. The molecule has 0 aromatic carbocycles. The van der Waals surface area contributed by atoms with Crippen LogP contribution in [0.4, 0.5) is 0 Å². The van der Waals surface area contributed by atoms with Gasteiger partial charge >= 0.3 is 0 Å². The van der Waals surface area contributed by atoms with Gasteiger partial charge in [0.15, 0.2) is 0 Å². The summed E-state index contributed by atoms with van der Waals surface area (Å²) in [5.74, 6) is 0. The first-order chi connectivity index (χ1) is 6.70. The lowest BCUT2D eigenvalue weighted by Gasteiger charge is -2.04. The largest absolute Gasteiger partial charge is 0.383 e. The number of aromatic nitrogens is 2. The molecule has 0 spiro atoms. The lowest BCUT2D eigenvalue weighted by atomic mass is 10.2. The fraction of sp³-hybridized carbons (Fsp3) is 0.700. The molecule has 0 aliphatic heterocycles. The van der Waals surface area contributed by atoms with Crippen LogP contribution in [0.5, 0.6) is 0 Å². The van der Waals surface area contributed by atoms with Gasteiger partial charge in [0, 0.05) is 24.9 Å². The molecule has 0 aliphatic rings. The minimum Gasteiger partial charge on any atom is -0.383 e. The van der Waals surface area contributed by atoms with Crippen molar-refractivity contribution in [3.8, 4) is 0 Å². The van der Waals surface area contributed by atoms with Gasteiger partial charge in [-0.1, -0.05) is 0 Å². The van der Waals surface area contributed by atoms with E-state index in [1.165, 1.54) is 11.3 Å². The number of hydrogen-bond acceptors (Lipinski definition) is 3. The first-order valence-electron chi connectivity index (χ1n) is 4.87. The highest BCUT2D eigenvalue weighted by Gasteiger charge is 2.09. The molecule has 1 N–H and O–H groups in total. The molecule has 0 saturated heterocycles. The zero-order valence-electron chi connectivity index (χ0n) is 9.42. The van der Waals surface area contributed by atoms with Crippen molar-refractivity contribution >= 4 is 0 Å². The molecule has 0 unspecified atom stereocenters. The summed E-state index contributed by atoms with van der Waals surface area (Å²) in [6, 6.07) is 0. The Bertz CT molecular complexity index is 294. The van der Waals surface area contributed by atoms with Gasteiger partial charge in [-0.3, -0.25) is 4.68 Å². The van der Waals surface area contributed by atoms with E-state index in [1.54, 1.807) is 7.11 Å². The second-order valence-corrected chi connectivity index (χ2v) is 3.40. The molecule has 80 valence electrons. The quantitative estimate of drug-likeness (QED) is 0.761. The van der Waals surface area contributed by atoms with Crippen molar-refractivity contribution in [1.29, 1.82) is 0 Å². The van der Waals surface area contributed by atoms with E-state index in [4.69, 9.17) is 4.74 Å². The van der Waals surface area contributed by atoms with Crippen molar-refractivity contribution in [2.45, 2.75) is 26.9 Å². The van der Waals surface area contributed by atoms with Gasteiger partial charge in [-0.25, -0.2) is 0 Å². The summed E-state index contributed by atoms with van der Waals surface area (Å²) in [5, 5.41) is 7.61. The van der Waals surface area contributed by atoms with Gasteiger partial charge in [0.2, 0.25) is 0 Å². The van der Waals surface area contributed by atoms with Crippen LogP contribution in [0.3, 0.4) is 0 Å². The van der Waals surface area contributed by atoms with Gasteiger partial charge in [-0.15, -0.1) is 0 Å². The van der Waals surface area contributed by atoms with Crippen molar-refractivity contribution in [2.24, 2.45) is 0 Å². The Labute approximate surface area is 85.3 Å². The third-order valence-electron chi connectivity index (χ3n) is 2.39. The molecule has 0 radical (unpaired) electrons. The number of rotatable bonds is 5. The predicted octanol–water partition coefficient (Wildman–Crippen LogP) is 0.866. The maximum absolute atomic E-state index is 5.03. The minimum absolute atomic E-state index is 0.709. The molecule has 0 aliphatic carbocycles. The number of ether oxygens (including phenoxy) is 1. The van der Waals surface area contributed by atoms with Gasteiger partial charge < -0.3 is 10.1 Å². The number of aryl methyl sites for hydroxylation is 1. The highest BCUT2D eigenvalue weighted by Crippen LogP contribution is 2.12. The molecule has 0 bridgehead atoms. The van der Waals surface area contributed by atoms with Gasteiger partial charge in [0.25, 0.3) is 0 Å². The lowest BCUT2D eigenvalue weighted by molar-refractivity contribution is 0.182. The van der Waals surface area contributed by atoms with Crippen LogP contribution in [-0.4, -0.2) is 30.5 Å². The molecule has 0 fully saturated rings. The molecule has 0 amide bonds. The molecule has 14 heavy (non-hydrogen) atoms. The molecular weight excluding hydrogens is 178 g/mol. The first-order valence-corrected chi connectivity index (χ1v) is 4.87. The predicted molar refractivity (Wildman–Crippen MR) is 56.3 cm³/mol. The summed E-state index contributed by atoms with van der Waals surface area (Å²) in [6.07, 6.45) is 0. The van der Waals surface area contributed by atoms with Crippen molar-refractivity contribution in [1.82, 2.24) is 15.1 Å². The van der Waals surface area contributed by atoms with E-state index in [2.05, 4.69) is 17.3 Å².